The normalized spacial score (nSPS) is 13.1. The fraction of sp³-hybridized carbons (Fsp3) is 0.269. The van der Waals surface area contributed by atoms with Gasteiger partial charge in [-0.3, -0.25) is 0 Å². The predicted molar refractivity (Wildman–Crippen MR) is 123 cm³/mol. The van der Waals surface area contributed by atoms with E-state index in [-0.39, 0.29) is 11.8 Å². The minimum atomic E-state index is -0.470. The summed E-state index contributed by atoms with van der Waals surface area (Å²) in [5.74, 6) is 0.0579. The molecule has 1 N–H and O–H groups in total. The zero-order valence-corrected chi connectivity index (χ0v) is 18.8. The van der Waals surface area contributed by atoms with Crippen LogP contribution in [-0.4, -0.2) is 36.2 Å². The summed E-state index contributed by atoms with van der Waals surface area (Å²) in [6.07, 6.45) is -0.470. The molecule has 29 heavy (non-hydrogen) atoms. The minimum absolute atomic E-state index is 0.0939. The first-order valence-corrected chi connectivity index (χ1v) is 11.0. The number of aliphatic hydroxyl groups excluding tert-OH is 1. The van der Waals surface area contributed by atoms with Gasteiger partial charge in [0.25, 0.3) is 0 Å². The van der Waals surface area contributed by atoms with Gasteiger partial charge in [-0.05, 0) is 0 Å². The van der Waals surface area contributed by atoms with Crippen molar-refractivity contribution in [3.8, 4) is 0 Å². The Morgan fingerprint density at radius 3 is 1.59 bits per heavy atom. The van der Waals surface area contributed by atoms with E-state index in [0.29, 0.717) is 0 Å². The number of hydrogen-bond donors (Lipinski definition) is 1. The van der Waals surface area contributed by atoms with E-state index in [0.717, 1.165) is 23.2 Å². The Labute approximate surface area is 182 Å². The van der Waals surface area contributed by atoms with Crippen molar-refractivity contribution in [3.05, 3.63) is 108 Å². The Hall–Kier alpha value is -2.19. The summed E-state index contributed by atoms with van der Waals surface area (Å²) >= 11 is 3.33. The Bertz CT molecular complexity index is 839. The summed E-state index contributed by atoms with van der Waals surface area (Å²) in [5, 5.41) is 11.1. The average molecular weight is 450 g/mol. The Morgan fingerprint density at radius 1 is 0.759 bits per heavy atom. The molecule has 0 aromatic heterocycles. The fourth-order valence-corrected chi connectivity index (χ4v) is 4.40. The van der Waals surface area contributed by atoms with E-state index in [4.69, 9.17) is 0 Å². The molecule has 2 nitrogen and oxygen atoms in total. The zero-order chi connectivity index (χ0) is 20.6. The molecule has 0 heterocycles. The van der Waals surface area contributed by atoms with Crippen LogP contribution in [0.3, 0.4) is 0 Å². The summed E-state index contributed by atoms with van der Waals surface area (Å²) in [6, 6.07) is 31.3. The van der Waals surface area contributed by atoms with E-state index < -0.39 is 6.10 Å². The predicted octanol–water partition coefficient (Wildman–Crippen LogP) is 4.79. The second-order valence-electron chi connectivity index (χ2n) is 7.79. The molecular formula is C26H29NOSe. The summed E-state index contributed by atoms with van der Waals surface area (Å²) in [4.78, 5) is 2.36. The van der Waals surface area contributed by atoms with Crippen LogP contribution in [0.5, 0.6) is 0 Å². The van der Waals surface area contributed by atoms with Crippen molar-refractivity contribution in [2.75, 3.05) is 0 Å². The maximum absolute atomic E-state index is 11.1. The van der Waals surface area contributed by atoms with Gasteiger partial charge in [0.15, 0.2) is 0 Å². The second kappa shape index (κ2) is 10.5. The molecule has 0 saturated carbocycles. The second-order valence-corrected chi connectivity index (χ2v) is 8.67. The van der Waals surface area contributed by atoms with Crippen molar-refractivity contribution in [2.45, 2.75) is 39.0 Å². The van der Waals surface area contributed by atoms with Gasteiger partial charge in [-0.2, -0.15) is 0 Å². The molecule has 3 rings (SSSR count). The molecule has 3 aromatic carbocycles. The molecule has 0 radical (unpaired) electrons. The van der Waals surface area contributed by atoms with E-state index in [9.17, 15) is 5.11 Å². The number of rotatable bonds is 9. The number of nitrogens with zero attached hydrogens (tertiary/aromatic N) is 1. The van der Waals surface area contributed by atoms with Gasteiger partial charge in [0.05, 0.1) is 0 Å². The molecule has 0 saturated heterocycles. The van der Waals surface area contributed by atoms with Gasteiger partial charge >= 0.3 is 183 Å². The van der Waals surface area contributed by atoms with Gasteiger partial charge in [-0.1, -0.05) is 0 Å². The summed E-state index contributed by atoms with van der Waals surface area (Å²) < 4.78 is 1.07. The molecule has 2 atom stereocenters. The van der Waals surface area contributed by atoms with Crippen molar-refractivity contribution >= 4 is 20.1 Å². The average Bonchev–Trinajstić information content (AvgIpc) is 2.75. The molecule has 0 spiro atoms. The number of aliphatic hydroxyl groups is 1. The van der Waals surface area contributed by atoms with Crippen molar-refractivity contribution in [2.24, 2.45) is 5.92 Å². The molecule has 3 aromatic rings. The molecule has 150 valence electrons. The summed E-state index contributed by atoms with van der Waals surface area (Å²) in [6.45, 7) is 5.72. The van der Waals surface area contributed by atoms with Crippen LogP contribution in [-0.2, 0) is 13.1 Å². The van der Waals surface area contributed by atoms with Gasteiger partial charge in [0, 0.05) is 0 Å². The maximum atomic E-state index is 11.1. The van der Waals surface area contributed by atoms with E-state index in [1.807, 2.05) is 30.3 Å². The molecular weight excluding hydrogens is 421 g/mol. The van der Waals surface area contributed by atoms with Crippen LogP contribution in [0.4, 0.5) is 0 Å². The number of hydrogen-bond acceptors (Lipinski definition) is 2. The van der Waals surface area contributed by atoms with E-state index in [1.54, 1.807) is 0 Å². The molecule has 0 aliphatic heterocycles. The SMILES string of the molecule is CC(C)[C@@H](O)[C@@H](C(=[Se])N(Cc1ccccc1)Cc1ccccc1)c1ccccc1. The topological polar surface area (TPSA) is 23.5 Å². The summed E-state index contributed by atoms with van der Waals surface area (Å²) in [5.41, 5.74) is 3.64. The molecule has 0 fully saturated rings. The van der Waals surface area contributed by atoms with Crippen LogP contribution in [0.15, 0.2) is 91.0 Å². The standard InChI is InChI=1S/C26H29NOSe/c1-20(2)25(28)24(23-16-10-5-11-17-23)26(29)27(18-21-12-6-3-7-13-21)19-22-14-8-4-9-15-22/h3-17,20,24-25,28H,18-19H2,1-2H3/t24-,25+/m0/s1. The first-order valence-electron chi connectivity index (χ1n) is 10.2. The molecule has 0 aliphatic rings. The van der Waals surface area contributed by atoms with Gasteiger partial charge in [0.2, 0.25) is 0 Å². The monoisotopic (exact) mass is 451 g/mol. The van der Waals surface area contributed by atoms with Crippen LogP contribution < -0.4 is 0 Å². The first kappa shape index (κ1) is 21.5. The van der Waals surface area contributed by atoms with Gasteiger partial charge in [-0.15, -0.1) is 0 Å². The van der Waals surface area contributed by atoms with E-state index >= 15 is 0 Å². The fourth-order valence-electron chi connectivity index (χ4n) is 3.55. The van der Waals surface area contributed by atoms with Crippen molar-refractivity contribution < 1.29 is 5.11 Å². The number of benzene rings is 3. The van der Waals surface area contributed by atoms with Gasteiger partial charge in [0.1, 0.15) is 0 Å². The third kappa shape index (κ3) is 5.90. The third-order valence-corrected chi connectivity index (χ3v) is 6.27. The quantitative estimate of drug-likeness (QED) is 0.474. The first-order chi connectivity index (χ1) is 14.1. The van der Waals surface area contributed by atoms with E-state index in [2.05, 4.69) is 95.0 Å². The Morgan fingerprint density at radius 2 is 1.17 bits per heavy atom. The summed E-state index contributed by atoms with van der Waals surface area (Å²) in [7, 11) is 0. The molecule has 0 aliphatic carbocycles. The van der Waals surface area contributed by atoms with Crippen LogP contribution in [0.1, 0.15) is 36.5 Å². The Balaban J connectivity index is 1.95. The Kier molecular flexibility index (Phi) is 7.83. The van der Waals surface area contributed by atoms with Crippen molar-refractivity contribution in [1.82, 2.24) is 4.90 Å². The molecule has 0 amide bonds. The van der Waals surface area contributed by atoms with Gasteiger partial charge in [-0.25, -0.2) is 0 Å². The molecule has 0 bridgehead atoms. The molecule has 0 unspecified atom stereocenters. The van der Waals surface area contributed by atoms with Crippen LogP contribution >= 0.6 is 0 Å². The van der Waals surface area contributed by atoms with E-state index in [1.165, 1.54) is 11.1 Å². The van der Waals surface area contributed by atoms with Gasteiger partial charge < -0.3 is 0 Å². The van der Waals surface area contributed by atoms with Crippen LogP contribution in [0, 0.1) is 5.92 Å². The van der Waals surface area contributed by atoms with Crippen molar-refractivity contribution in [1.29, 1.82) is 0 Å². The van der Waals surface area contributed by atoms with Crippen molar-refractivity contribution in [3.63, 3.8) is 0 Å². The third-order valence-electron chi connectivity index (χ3n) is 5.19. The van der Waals surface area contributed by atoms with Crippen LogP contribution in [0.25, 0.3) is 0 Å². The zero-order valence-electron chi connectivity index (χ0n) is 17.1. The van der Waals surface area contributed by atoms with Crippen LogP contribution in [0.2, 0.25) is 0 Å². The molecule has 3 heteroatoms.